The van der Waals surface area contributed by atoms with E-state index in [1.807, 2.05) is 23.1 Å². The van der Waals surface area contributed by atoms with E-state index in [0.717, 1.165) is 18.7 Å². The van der Waals surface area contributed by atoms with E-state index < -0.39 is 0 Å². The molecule has 6 heteroatoms. The van der Waals surface area contributed by atoms with Gasteiger partial charge in [-0.1, -0.05) is 30.3 Å². The molecule has 3 rings (SSSR count). The maximum Gasteiger partial charge on any atom is 0.261 e. The van der Waals surface area contributed by atoms with Crippen LogP contribution < -0.4 is 9.47 Å². The molecule has 2 aromatic rings. The number of nitrogens with zero attached hydrogens (tertiary/aromatic N) is 3. The SMILES string of the molecule is COc1cc(C#N)ccc1OCC(=O)N1CCN(C)CC1c1ccccc1. The Balaban J connectivity index is 1.72. The number of hydrogen-bond acceptors (Lipinski definition) is 5. The number of benzene rings is 2. The second-order valence-corrected chi connectivity index (χ2v) is 6.54. The number of carbonyl (C=O) groups is 1. The molecule has 1 aliphatic heterocycles. The van der Waals surface area contributed by atoms with Crippen molar-refractivity contribution < 1.29 is 14.3 Å². The molecule has 1 fully saturated rings. The van der Waals surface area contributed by atoms with Gasteiger partial charge in [0.15, 0.2) is 18.1 Å². The zero-order valence-electron chi connectivity index (χ0n) is 15.6. The predicted molar refractivity (Wildman–Crippen MR) is 102 cm³/mol. The average molecular weight is 365 g/mol. The average Bonchev–Trinajstić information content (AvgIpc) is 2.72. The molecule has 1 aliphatic rings. The number of nitriles is 1. The third-order valence-electron chi connectivity index (χ3n) is 4.73. The highest BCUT2D eigenvalue weighted by Gasteiger charge is 2.30. The summed E-state index contributed by atoms with van der Waals surface area (Å²) in [6.45, 7) is 2.20. The lowest BCUT2D eigenvalue weighted by Crippen LogP contribution is -2.50. The molecule has 6 nitrogen and oxygen atoms in total. The molecular weight excluding hydrogens is 342 g/mol. The summed E-state index contributed by atoms with van der Waals surface area (Å²) in [5.41, 5.74) is 1.60. The summed E-state index contributed by atoms with van der Waals surface area (Å²) in [7, 11) is 3.58. The Morgan fingerprint density at radius 2 is 1.96 bits per heavy atom. The molecule has 0 saturated carbocycles. The van der Waals surface area contributed by atoms with Gasteiger partial charge in [0.25, 0.3) is 5.91 Å². The van der Waals surface area contributed by atoms with Crippen LogP contribution in [-0.4, -0.2) is 56.1 Å². The zero-order valence-corrected chi connectivity index (χ0v) is 15.6. The molecule has 27 heavy (non-hydrogen) atoms. The fourth-order valence-electron chi connectivity index (χ4n) is 3.26. The minimum atomic E-state index is -0.0741. The summed E-state index contributed by atoms with van der Waals surface area (Å²) in [5, 5.41) is 8.98. The predicted octanol–water partition coefficient (Wildman–Crippen LogP) is 2.46. The van der Waals surface area contributed by atoms with Gasteiger partial charge in [-0.2, -0.15) is 5.26 Å². The lowest BCUT2D eigenvalue weighted by atomic mass is 10.0. The standard InChI is InChI=1S/C21H23N3O3/c1-23-10-11-24(18(14-23)17-6-4-3-5-7-17)21(25)15-27-19-9-8-16(13-22)12-20(19)26-2/h3-9,12,18H,10-11,14-15H2,1-2H3. The van der Waals surface area contributed by atoms with Crippen LogP contribution in [0.2, 0.25) is 0 Å². The molecule has 1 saturated heterocycles. The number of carbonyl (C=O) groups excluding carboxylic acids is 1. The van der Waals surface area contributed by atoms with E-state index in [0.29, 0.717) is 23.6 Å². The molecule has 0 bridgehead atoms. The Bertz CT molecular complexity index is 832. The largest absolute Gasteiger partial charge is 0.493 e. The van der Waals surface area contributed by atoms with Gasteiger partial charge >= 0.3 is 0 Å². The molecule has 1 heterocycles. The van der Waals surface area contributed by atoms with Crippen LogP contribution in [0.3, 0.4) is 0 Å². The Hall–Kier alpha value is -3.04. The lowest BCUT2D eigenvalue weighted by Gasteiger charge is -2.40. The Kier molecular flexibility index (Phi) is 5.94. The molecule has 0 aliphatic carbocycles. The molecule has 1 amide bonds. The van der Waals surface area contributed by atoms with Crippen molar-refractivity contribution in [2.45, 2.75) is 6.04 Å². The smallest absolute Gasteiger partial charge is 0.261 e. The highest BCUT2D eigenvalue weighted by atomic mass is 16.5. The second kappa shape index (κ2) is 8.56. The van der Waals surface area contributed by atoms with E-state index >= 15 is 0 Å². The topological polar surface area (TPSA) is 65.8 Å². The van der Waals surface area contributed by atoms with Gasteiger partial charge in [0.05, 0.1) is 24.8 Å². The number of ether oxygens (including phenoxy) is 2. The van der Waals surface area contributed by atoms with E-state index in [9.17, 15) is 4.79 Å². The first-order chi connectivity index (χ1) is 13.1. The zero-order chi connectivity index (χ0) is 19.2. The summed E-state index contributed by atoms with van der Waals surface area (Å²) in [6.07, 6.45) is 0. The van der Waals surface area contributed by atoms with Crippen molar-refractivity contribution in [3.8, 4) is 17.6 Å². The van der Waals surface area contributed by atoms with Crippen molar-refractivity contribution >= 4 is 5.91 Å². The third kappa shape index (κ3) is 4.39. The maximum absolute atomic E-state index is 12.9. The second-order valence-electron chi connectivity index (χ2n) is 6.54. The van der Waals surface area contributed by atoms with Crippen LogP contribution in [0.1, 0.15) is 17.2 Å². The van der Waals surface area contributed by atoms with E-state index in [4.69, 9.17) is 14.7 Å². The minimum absolute atomic E-state index is 0.00362. The molecule has 0 aromatic heterocycles. The summed E-state index contributed by atoms with van der Waals surface area (Å²) >= 11 is 0. The number of rotatable bonds is 5. The highest BCUT2D eigenvalue weighted by Crippen LogP contribution is 2.29. The van der Waals surface area contributed by atoms with Gasteiger partial charge in [0.1, 0.15) is 0 Å². The van der Waals surface area contributed by atoms with Crippen molar-refractivity contribution in [2.75, 3.05) is 40.4 Å². The fourth-order valence-corrected chi connectivity index (χ4v) is 3.26. The summed E-state index contributed by atoms with van der Waals surface area (Å²) in [5.74, 6) is 0.832. The van der Waals surface area contributed by atoms with Gasteiger partial charge in [-0.3, -0.25) is 4.79 Å². The summed E-state index contributed by atoms with van der Waals surface area (Å²) in [6, 6.07) is 17.0. The van der Waals surface area contributed by atoms with Crippen LogP contribution in [-0.2, 0) is 4.79 Å². The van der Waals surface area contributed by atoms with Gasteiger partial charge in [-0.05, 0) is 24.7 Å². The number of methoxy groups -OCH3 is 1. The highest BCUT2D eigenvalue weighted by molar-refractivity contribution is 5.78. The first kappa shape index (κ1) is 18.7. The first-order valence-corrected chi connectivity index (χ1v) is 8.86. The van der Waals surface area contributed by atoms with E-state index in [1.165, 1.54) is 7.11 Å². The molecule has 2 aromatic carbocycles. The monoisotopic (exact) mass is 365 g/mol. The van der Waals surface area contributed by atoms with Crippen molar-refractivity contribution in [2.24, 2.45) is 0 Å². The van der Waals surface area contributed by atoms with Gasteiger partial charge in [-0.15, -0.1) is 0 Å². The van der Waals surface area contributed by atoms with E-state index in [-0.39, 0.29) is 18.6 Å². The number of likely N-dealkylation sites (N-methyl/N-ethyl adjacent to an activating group) is 1. The molecule has 1 atom stereocenters. The van der Waals surface area contributed by atoms with Crippen molar-refractivity contribution in [1.82, 2.24) is 9.80 Å². The number of amides is 1. The number of piperazine rings is 1. The molecule has 0 radical (unpaired) electrons. The maximum atomic E-state index is 12.9. The normalized spacial score (nSPS) is 17.2. The molecule has 140 valence electrons. The first-order valence-electron chi connectivity index (χ1n) is 8.86. The van der Waals surface area contributed by atoms with Gasteiger partial charge in [0.2, 0.25) is 0 Å². The van der Waals surface area contributed by atoms with Crippen LogP contribution in [0.15, 0.2) is 48.5 Å². The number of hydrogen-bond donors (Lipinski definition) is 0. The van der Waals surface area contributed by atoms with Crippen LogP contribution in [0.25, 0.3) is 0 Å². The molecule has 1 unspecified atom stereocenters. The van der Waals surface area contributed by atoms with Gasteiger partial charge in [0, 0.05) is 25.7 Å². The van der Waals surface area contributed by atoms with Crippen LogP contribution >= 0.6 is 0 Å². The van der Waals surface area contributed by atoms with Crippen LogP contribution in [0, 0.1) is 11.3 Å². The third-order valence-corrected chi connectivity index (χ3v) is 4.73. The molecule has 0 spiro atoms. The molecular formula is C21H23N3O3. The van der Waals surface area contributed by atoms with Crippen molar-refractivity contribution in [3.05, 3.63) is 59.7 Å². The Labute approximate surface area is 159 Å². The Morgan fingerprint density at radius 3 is 2.67 bits per heavy atom. The van der Waals surface area contributed by atoms with Gasteiger partial charge < -0.3 is 19.3 Å². The van der Waals surface area contributed by atoms with Crippen molar-refractivity contribution in [1.29, 1.82) is 5.26 Å². The quantitative estimate of drug-likeness (QED) is 0.814. The van der Waals surface area contributed by atoms with Crippen molar-refractivity contribution in [3.63, 3.8) is 0 Å². The van der Waals surface area contributed by atoms with Crippen LogP contribution in [0.5, 0.6) is 11.5 Å². The summed E-state index contributed by atoms with van der Waals surface area (Å²) < 4.78 is 11.0. The van der Waals surface area contributed by atoms with E-state index in [1.54, 1.807) is 18.2 Å². The van der Waals surface area contributed by atoms with Crippen LogP contribution in [0.4, 0.5) is 0 Å². The van der Waals surface area contributed by atoms with Gasteiger partial charge in [-0.25, -0.2) is 0 Å². The molecule has 0 N–H and O–H groups in total. The van der Waals surface area contributed by atoms with E-state index in [2.05, 4.69) is 30.1 Å². The minimum Gasteiger partial charge on any atom is -0.493 e. The Morgan fingerprint density at radius 1 is 1.19 bits per heavy atom. The lowest BCUT2D eigenvalue weighted by molar-refractivity contribution is -0.138. The fraction of sp³-hybridized carbons (Fsp3) is 0.333. The summed E-state index contributed by atoms with van der Waals surface area (Å²) in [4.78, 5) is 17.0.